The number of hydrogen-bond acceptors (Lipinski definition) is 3. The van der Waals surface area contributed by atoms with Crippen LogP contribution in [0.1, 0.15) is 139 Å². The molecule has 0 amide bonds. The summed E-state index contributed by atoms with van der Waals surface area (Å²) in [6.07, 6.45) is 20.5. The van der Waals surface area contributed by atoms with Gasteiger partial charge < -0.3 is 9.84 Å². The van der Waals surface area contributed by atoms with E-state index in [0.717, 1.165) is 31.6 Å². The van der Waals surface area contributed by atoms with Crippen LogP contribution in [0.2, 0.25) is 0 Å². The molecular weight excluding hydrogens is 528 g/mol. The predicted octanol–water partition coefficient (Wildman–Crippen LogP) is 10.00. The number of aliphatic hydroxyl groups excluding tert-OH is 1. The van der Waals surface area contributed by atoms with Crippen LogP contribution in [0.4, 0.5) is 0 Å². The zero-order valence-electron chi connectivity index (χ0n) is 28.9. The molecule has 1 N–H and O–H groups in total. The smallest absolute Gasteiger partial charge is 0.309 e. The monoisotopic (exact) mass is 590 g/mol. The molecule has 8 atom stereocenters. The Hall–Kier alpha value is -1.35. The Kier molecular flexibility index (Phi) is 8.00. The molecule has 6 aliphatic rings. The number of allylic oxidation sites excluding steroid dienone is 6. The molecule has 6 rings (SSSR count). The van der Waals surface area contributed by atoms with E-state index in [1.54, 1.807) is 11.1 Å². The van der Waals surface area contributed by atoms with Gasteiger partial charge >= 0.3 is 5.97 Å². The van der Waals surface area contributed by atoms with E-state index in [1.165, 1.54) is 63.4 Å². The third kappa shape index (κ3) is 4.46. The average molecular weight is 591 g/mol. The van der Waals surface area contributed by atoms with Crippen molar-refractivity contribution in [3.8, 4) is 0 Å². The molecule has 0 radical (unpaired) electrons. The molecule has 43 heavy (non-hydrogen) atoms. The molecule has 3 nitrogen and oxygen atoms in total. The minimum Gasteiger partial charge on any atom is -0.466 e. The van der Waals surface area contributed by atoms with Gasteiger partial charge in [0.15, 0.2) is 0 Å². The molecule has 0 aromatic rings. The molecule has 0 aromatic heterocycles. The number of carbonyl (C=O) groups is 1. The van der Waals surface area contributed by atoms with Gasteiger partial charge in [-0.2, -0.15) is 0 Å². The first kappa shape index (κ1) is 31.6. The van der Waals surface area contributed by atoms with Crippen molar-refractivity contribution in [2.45, 2.75) is 139 Å². The summed E-state index contributed by atoms with van der Waals surface area (Å²) in [4.78, 5) is 12.4. The van der Waals surface area contributed by atoms with Gasteiger partial charge in [0.2, 0.25) is 0 Å². The summed E-state index contributed by atoms with van der Waals surface area (Å²) in [5, 5.41) is 10.2. The second-order valence-corrected chi connectivity index (χ2v) is 17.5. The van der Waals surface area contributed by atoms with Crippen molar-refractivity contribution in [2.75, 3.05) is 13.2 Å². The van der Waals surface area contributed by atoms with Crippen LogP contribution in [0.5, 0.6) is 0 Å². The Morgan fingerprint density at radius 3 is 2.35 bits per heavy atom. The van der Waals surface area contributed by atoms with Gasteiger partial charge in [-0.05, 0) is 152 Å². The van der Waals surface area contributed by atoms with Crippen LogP contribution in [0.15, 0.2) is 34.4 Å². The van der Waals surface area contributed by atoms with Crippen molar-refractivity contribution in [3.63, 3.8) is 0 Å². The van der Waals surface area contributed by atoms with Crippen LogP contribution in [-0.2, 0) is 9.53 Å². The summed E-state index contributed by atoms with van der Waals surface area (Å²) in [5.41, 5.74) is 8.14. The van der Waals surface area contributed by atoms with Crippen LogP contribution < -0.4 is 0 Å². The zero-order chi connectivity index (χ0) is 31.0. The summed E-state index contributed by atoms with van der Waals surface area (Å²) in [6, 6.07) is 0. The topological polar surface area (TPSA) is 46.5 Å². The number of ether oxygens (including phenoxy) is 1. The van der Waals surface area contributed by atoms with E-state index in [2.05, 4.69) is 60.6 Å². The highest BCUT2D eigenvalue weighted by Gasteiger charge is 2.68. The molecule has 0 spiro atoms. The normalized spacial score (nSPS) is 43.7. The maximum atomic E-state index is 12.4. The summed E-state index contributed by atoms with van der Waals surface area (Å²) < 4.78 is 5.35. The Morgan fingerprint density at radius 2 is 1.70 bits per heavy atom. The van der Waals surface area contributed by atoms with Crippen molar-refractivity contribution in [2.24, 2.45) is 56.7 Å². The van der Waals surface area contributed by atoms with Gasteiger partial charge in [-0.1, -0.05) is 71.8 Å². The highest BCUT2D eigenvalue weighted by Crippen LogP contribution is 2.77. The Bertz CT molecular complexity index is 1220. The van der Waals surface area contributed by atoms with Crippen molar-refractivity contribution in [3.05, 3.63) is 34.4 Å². The Balaban J connectivity index is 1.31. The van der Waals surface area contributed by atoms with E-state index in [-0.39, 0.29) is 22.7 Å². The van der Waals surface area contributed by atoms with Crippen LogP contribution in [-0.4, -0.2) is 24.3 Å². The maximum Gasteiger partial charge on any atom is 0.309 e. The van der Waals surface area contributed by atoms with Gasteiger partial charge in [-0.3, -0.25) is 4.79 Å². The molecule has 3 fully saturated rings. The van der Waals surface area contributed by atoms with Crippen molar-refractivity contribution in [1.29, 1.82) is 0 Å². The quantitative estimate of drug-likeness (QED) is 0.247. The molecule has 0 saturated heterocycles. The highest BCUT2D eigenvalue weighted by atomic mass is 16.5. The molecule has 3 heteroatoms. The lowest BCUT2D eigenvalue weighted by atomic mass is 9.33. The first-order valence-electron chi connectivity index (χ1n) is 18.2. The second-order valence-electron chi connectivity index (χ2n) is 17.5. The fourth-order valence-corrected chi connectivity index (χ4v) is 13.1. The number of carbonyl (C=O) groups excluding carboxylic acids is 1. The van der Waals surface area contributed by atoms with Crippen molar-refractivity contribution in [1.82, 2.24) is 0 Å². The van der Waals surface area contributed by atoms with Gasteiger partial charge in [-0.15, -0.1) is 0 Å². The minimum absolute atomic E-state index is 0.0110. The fourth-order valence-electron chi connectivity index (χ4n) is 13.1. The van der Waals surface area contributed by atoms with E-state index in [9.17, 15) is 9.90 Å². The average Bonchev–Trinajstić information content (AvgIpc) is 3.33. The summed E-state index contributed by atoms with van der Waals surface area (Å²) in [7, 11) is 0. The number of fused-ring (bicyclic) bond motifs is 7. The van der Waals surface area contributed by atoms with Gasteiger partial charge in [0.25, 0.3) is 0 Å². The predicted molar refractivity (Wildman–Crippen MR) is 176 cm³/mol. The molecule has 0 aromatic carbocycles. The lowest BCUT2D eigenvalue weighted by Gasteiger charge is -2.71. The van der Waals surface area contributed by atoms with Gasteiger partial charge in [0.05, 0.1) is 12.5 Å². The van der Waals surface area contributed by atoms with E-state index in [0.29, 0.717) is 47.2 Å². The number of esters is 1. The molecular formula is C40H62O3. The van der Waals surface area contributed by atoms with Crippen molar-refractivity contribution < 1.29 is 14.6 Å². The van der Waals surface area contributed by atoms with E-state index >= 15 is 0 Å². The third-order valence-corrected chi connectivity index (χ3v) is 15.4. The molecule has 0 heterocycles. The van der Waals surface area contributed by atoms with Crippen molar-refractivity contribution >= 4 is 5.97 Å². The first-order valence-corrected chi connectivity index (χ1v) is 18.2. The maximum absolute atomic E-state index is 12.4. The SMILES string of the molecule is CCOC(=O)C1CC=C(C2=CC[C@]3(C)[C@H]4CC[C@@H]5C6=C(C(C)C)CC[C@]6(CCO)CC[C@@]5(C)[C@]4(C)CC[C@H]3C2(C)C)CC1. The van der Waals surface area contributed by atoms with E-state index in [1.807, 2.05) is 12.5 Å². The Morgan fingerprint density at radius 1 is 0.930 bits per heavy atom. The molecule has 0 aliphatic heterocycles. The Labute approximate surface area is 263 Å². The van der Waals surface area contributed by atoms with Gasteiger partial charge in [-0.25, -0.2) is 0 Å². The molecule has 3 saturated carbocycles. The van der Waals surface area contributed by atoms with Gasteiger partial charge in [0, 0.05) is 6.61 Å². The second kappa shape index (κ2) is 10.9. The van der Waals surface area contributed by atoms with Crippen LogP contribution >= 0.6 is 0 Å². The number of hydrogen-bond donors (Lipinski definition) is 1. The van der Waals surface area contributed by atoms with Gasteiger partial charge in [0.1, 0.15) is 0 Å². The van der Waals surface area contributed by atoms with Crippen LogP contribution in [0.3, 0.4) is 0 Å². The molecule has 240 valence electrons. The van der Waals surface area contributed by atoms with E-state index in [4.69, 9.17) is 4.74 Å². The zero-order valence-corrected chi connectivity index (χ0v) is 28.9. The molecule has 0 bridgehead atoms. The number of aliphatic hydroxyl groups is 1. The fraction of sp³-hybridized carbons (Fsp3) is 0.825. The standard InChI is InChI=1S/C40H62O3/c1-9-43-35(42)28-12-10-27(11-13-28)30-17-19-37(6)32(36(30,4)5)18-20-39(8)33(37)15-14-31-34-29(26(2)3)16-21-40(34,24-25-41)23-22-38(31,39)7/h10,17,26,28,31-33,41H,9,11-16,18-25H2,1-8H3/t28?,31-,32+,33-,37+,38-,39-,40-/m1/s1. The van der Waals surface area contributed by atoms with Crippen LogP contribution in [0, 0.1) is 56.7 Å². The summed E-state index contributed by atoms with van der Waals surface area (Å²) >= 11 is 0. The van der Waals surface area contributed by atoms with E-state index < -0.39 is 0 Å². The largest absolute Gasteiger partial charge is 0.466 e. The first-order chi connectivity index (χ1) is 20.3. The number of rotatable bonds is 6. The van der Waals surface area contributed by atoms with Crippen LogP contribution in [0.25, 0.3) is 0 Å². The molecule has 1 unspecified atom stereocenters. The lowest BCUT2D eigenvalue weighted by Crippen LogP contribution is -2.64. The summed E-state index contributed by atoms with van der Waals surface area (Å²) in [5.74, 6) is 2.78. The minimum atomic E-state index is -0.0110. The highest BCUT2D eigenvalue weighted by molar-refractivity contribution is 5.73. The summed E-state index contributed by atoms with van der Waals surface area (Å²) in [6.45, 7) is 20.8. The molecule has 6 aliphatic carbocycles. The lowest BCUT2D eigenvalue weighted by molar-refractivity contribution is -0.199. The third-order valence-electron chi connectivity index (χ3n) is 15.4.